The van der Waals surface area contributed by atoms with Gasteiger partial charge in [0.2, 0.25) is 15.9 Å². The second-order valence-corrected chi connectivity index (χ2v) is 10.2. The van der Waals surface area contributed by atoms with Crippen LogP contribution in [0, 0.1) is 19.8 Å². The molecule has 1 amide bonds. The van der Waals surface area contributed by atoms with E-state index in [0.717, 1.165) is 16.8 Å². The summed E-state index contributed by atoms with van der Waals surface area (Å²) >= 11 is 12.3. The quantitative estimate of drug-likeness (QED) is 0.705. The van der Waals surface area contributed by atoms with Crippen molar-refractivity contribution in [2.24, 2.45) is 5.92 Å². The van der Waals surface area contributed by atoms with Crippen molar-refractivity contribution < 1.29 is 13.2 Å². The van der Waals surface area contributed by atoms with Crippen molar-refractivity contribution in [3.05, 3.63) is 63.1 Å². The number of amides is 1. The molecule has 1 atom stereocenters. The Morgan fingerprint density at radius 1 is 1.14 bits per heavy atom. The predicted molar refractivity (Wildman–Crippen MR) is 118 cm³/mol. The number of sulfonamides is 1. The van der Waals surface area contributed by atoms with Gasteiger partial charge in [0, 0.05) is 34.4 Å². The number of aryl methyl sites for hydroxylation is 2. The van der Waals surface area contributed by atoms with E-state index in [0.29, 0.717) is 35.0 Å². The number of rotatable bonds is 5. The highest BCUT2D eigenvalue weighted by Crippen LogP contribution is 2.29. The maximum Gasteiger partial charge on any atom is 0.228 e. The molecule has 3 rings (SSSR count). The van der Waals surface area contributed by atoms with Gasteiger partial charge in [-0.3, -0.25) is 4.79 Å². The normalized spacial score (nSPS) is 17.9. The van der Waals surface area contributed by atoms with Gasteiger partial charge in [0.1, 0.15) is 0 Å². The SMILES string of the molecule is Cc1ccc(NC(=O)[C@H]2CCCN(S(=O)(=O)Cc3c(Cl)cccc3Cl)C2)cc1C. The van der Waals surface area contributed by atoms with E-state index in [2.05, 4.69) is 5.32 Å². The maximum absolute atomic E-state index is 12.9. The van der Waals surface area contributed by atoms with Crippen LogP contribution in [0.1, 0.15) is 29.5 Å². The summed E-state index contributed by atoms with van der Waals surface area (Å²) in [5, 5.41) is 3.56. The van der Waals surface area contributed by atoms with Gasteiger partial charge < -0.3 is 5.32 Å². The number of nitrogens with zero attached hydrogens (tertiary/aromatic N) is 1. The van der Waals surface area contributed by atoms with E-state index < -0.39 is 15.9 Å². The zero-order valence-electron chi connectivity index (χ0n) is 16.4. The van der Waals surface area contributed by atoms with Crippen LogP contribution in [0.25, 0.3) is 0 Å². The molecule has 0 unspecified atom stereocenters. The van der Waals surface area contributed by atoms with Crippen LogP contribution in [-0.2, 0) is 20.6 Å². The molecular weight excluding hydrogens is 431 g/mol. The van der Waals surface area contributed by atoms with Gasteiger partial charge >= 0.3 is 0 Å². The van der Waals surface area contributed by atoms with Crippen LogP contribution in [0.4, 0.5) is 5.69 Å². The molecule has 0 spiro atoms. The van der Waals surface area contributed by atoms with Crippen LogP contribution >= 0.6 is 23.2 Å². The smallest absolute Gasteiger partial charge is 0.228 e. The van der Waals surface area contributed by atoms with Crippen LogP contribution in [0.15, 0.2) is 36.4 Å². The van der Waals surface area contributed by atoms with Gasteiger partial charge in [0.25, 0.3) is 0 Å². The van der Waals surface area contributed by atoms with Gasteiger partial charge in [0.05, 0.1) is 11.7 Å². The first kappa shape index (κ1) is 22.1. The average Bonchev–Trinajstić information content (AvgIpc) is 2.68. The van der Waals surface area contributed by atoms with E-state index in [9.17, 15) is 13.2 Å². The standard InChI is InChI=1S/C21H24Cl2N2O3S/c1-14-8-9-17(11-15(14)2)24-21(26)16-5-4-10-25(12-16)29(27,28)13-18-19(22)6-3-7-20(18)23/h3,6-9,11,16H,4-5,10,12-13H2,1-2H3,(H,24,26)/t16-/m0/s1. The largest absolute Gasteiger partial charge is 0.326 e. The summed E-state index contributed by atoms with van der Waals surface area (Å²) in [5.74, 6) is -0.845. The van der Waals surface area contributed by atoms with E-state index in [1.165, 1.54) is 4.31 Å². The molecule has 2 aromatic carbocycles. The van der Waals surface area contributed by atoms with E-state index in [1.54, 1.807) is 18.2 Å². The molecule has 1 fully saturated rings. The summed E-state index contributed by atoms with van der Waals surface area (Å²) in [4.78, 5) is 12.7. The lowest BCUT2D eigenvalue weighted by atomic mass is 9.98. The number of benzene rings is 2. The molecule has 0 aliphatic carbocycles. The first-order valence-corrected chi connectivity index (χ1v) is 11.8. The average molecular weight is 455 g/mol. The Bertz CT molecular complexity index is 1000. The van der Waals surface area contributed by atoms with Gasteiger partial charge in [-0.25, -0.2) is 12.7 Å². The van der Waals surface area contributed by atoms with Gasteiger partial charge in [-0.15, -0.1) is 0 Å². The molecular formula is C21H24Cl2N2O3S. The van der Waals surface area contributed by atoms with Crippen LogP contribution < -0.4 is 5.32 Å². The number of nitrogens with one attached hydrogen (secondary N) is 1. The van der Waals surface area contributed by atoms with E-state index in [1.807, 2.05) is 32.0 Å². The van der Waals surface area contributed by atoms with Crippen LogP contribution in [0.5, 0.6) is 0 Å². The minimum atomic E-state index is -3.65. The maximum atomic E-state index is 12.9. The molecule has 0 bridgehead atoms. The number of carbonyl (C=O) groups is 1. The third-order valence-corrected chi connectivity index (χ3v) is 7.79. The molecule has 1 aliphatic rings. The van der Waals surface area contributed by atoms with Crippen molar-refractivity contribution in [3.63, 3.8) is 0 Å². The van der Waals surface area contributed by atoms with Crippen molar-refractivity contribution in [3.8, 4) is 0 Å². The fraction of sp³-hybridized carbons (Fsp3) is 0.381. The Morgan fingerprint density at radius 2 is 1.83 bits per heavy atom. The Labute approximate surface area is 182 Å². The molecule has 0 aromatic heterocycles. The second kappa shape index (κ2) is 9.04. The zero-order chi connectivity index (χ0) is 21.2. The number of halogens is 2. The minimum Gasteiger partial charge on any atom is -0.326 e. The lowest BCUT2D eigenvalue weighted by molar-refractivity contribution is -0.120. The Balaban J connectivity index is 1.70. The molecule has 0 saturated carbocycles. The molecule has 1 heterocycles. The molecule has 5 nitrogen and oxygen atoms in total. The van der Waals surface area contributed by atoms with E-state index in [4.69, 9.17) is 23.2 Å². The zero-order valence-corrected chi connectivity index (χ0v) is 18.7. The highest BCUT2D eigenvalue weighted by Gasteiger charge is 2.33. The monoisotopic (exact) mass is 454 g/mol. The Morgan fingerprint density at radius 3 is 2.48 bits per heavy atom. The first-order valence-electron chi connectivity index (χ1n) is 9.46. The van der Waals surface area contributed by atoms with Crippen molar-refractivity contribution >= 4 is 44.8 Å². The van der Waals surface area contributed by atoms with Crippen molar-refractivity contribution in [1.82, 2.24) is 4.31 Å². The summed E-state index contributed by atoms with van der Waals surface area (Å²) in [6, 6.07) is 10.6. The third kappa shape index (κ3) is 5.31. The molecule has 156 valence electrons. The van der Waals surface area contributed by atoms with Gasteiger partial charge in [-0.1, -0.05) is 35.3 Å². The predicted octanol–water partition coefficient (Wildman–Crippen LogP) is 4.79. The fourth-order valence-corrected chi connectivity index (χ4v) is 5.78. The fourth-order valence-electron chi connectivity index (χ4n) is 3.42. The molecule has 1 saturated heterocycles. The Kier molecular flexibility index (Phi) is 6.89. The highest BCUT2D eigenvalue weighted by atomic mass is 35.5. The van der Waals surface area contributed by atoms with E-state index >= 15 is 0 Å². The minimum absolute atomic E-state index is 0.154. The number of carbonyl (C=O) groups excluding carboxylic acids is 1. The summed E-state index contributed by atoms with van der Waals surface area (Å²) in [6.07, 6.45) is 1.27. The molecule has 1 aliphatic heterocycles. The van der Waals surface area contributed by atoms with Crippen molar-refractivity contribution in [2.75, 3.05) is 18.4 Å². The number of hydrogen-bond donors (Lipinski definition) is 1. The summed E-state index contributed by atoms with van der Waals surface area (Å²) in [5.41, 5.74) is 3.35. The van der Waals surface area contributed by atoms with Crippen molar-refractivity contribution in [2.45, 2.75) is 32.4 Å². The number of anilines is 1. The van der Waals surface area contributed by atoms with Gasteiger partial charge in [0.15, 0.2) is 0 Å². The third-order valence-electron chi connectivity index (χ3n) is 5.31. The summed E-state index contributed by atoms with van der Waals surface area (Å²) in [6.45, 7) is 4.54. The highest BCUT2D eigenvalue weighted by molar-refractivity contribution is 7.88. The van der Waals surface area contributed by atoms with Crippen molar-refractivity contribution in [1.29, 1.82) is 0 Å². The second-order valence-electron chi connectivity index (χ2n) is 7.44. The van der Waals surface area contributed by atoms with Gasteiger partial charge in [-0.05, 0) is 62.1 Å². The molecule has 1 N–H and O–H groups in total. The van der Waals surface area contributed by atoms with Crippen LogP contribution in [0.2, 0.25) is 10.0 Å². The van der Waals surface area contributed by atoms with Crippen LogP contribution in [-0.4, -0.2) is 31.7 Å². The summed E-state index contributed by atoms with van der Waals surface area (Å²) in [7, 11) is -3.65. The Hall–Kier alpha value is -1.60. The molecule has 0 radical (unpaired) electrons. The number of hydrogen-bond acceptors (Lipinski definition) is 3. The lowest BCUT2D eigenvalue weighted by Gasteiger charge is -2.31. The lowest BCUT2D eigenvalue weighted by Crippen LogP contribution is -2.44. The van der Waals surface area contributed by atoms with Gasteiger partial charge in [-0.2, -0.15) is 0 Å². The first-order chi connectivity index (χ1) is 13.7. The number of piperidine rings is 1. The molecule has 29 heavy (non-hydrogen) atoms. The summed E-state index contributed by atoms with van der Waals surface area (Å²) < 4.78 is 27.3. The van der Waals surface area contributed by atoms with E-state index in [-0.39, 0.29) is 18.2 Å². The van der Waals surface area contributed by atoms with Crippen LogP contribution in [0.3, 0.4) is 0 Å². The molecule has 8 heteroatoms. The molecule has 2 aromatic rings. The topological polar surface area (TPSA) is 66.5 Å².